The summed E-state index contributed by atoms with van der Waals surface area (Å²) in [7, 11) is 0. The quantitative estimate of drug-likeness (QED) is 0.647. The Labute approximate surface area is 60.7 Å². The van der Waals surface area contributed by atoms with Gasteiger partial charge in [-0.15, -0.1) is 0 Å². The van der Waals surface area contributed by atoms with Gasteiger partial charge in [-0.1, -0.05) is 6.92 Å². The van der Waals surface area contributed by atoms with E-state index in [1.807, 2.05) is 6.20 Å². The molecule has 0 saturated carbocycles. The van der Waals surface area contributed by atoms with E-state index >= 15 is 0 Å². The number of hydrogen-bond donors (Lipinski definition) is 2. The molecule has 3 N–H and O–H groups in total. The smallest absolute Gasteiger partial charge is 0.0921 e. The van der Waals surface area contributed by atoms with Gasteiger partial charge in [0.15, 0.2) is 0 Å². The van der Waals surface area contributed by atoms with Crippen molar-refractivity contribution in [2.24, 2.45) is 5.73 Å². The van der Waals surface area contributed by atoms with E-state index in [4.69, 9.17) is 5.73 Å². The Morgan fingerprint density at radius 2 is 2.60 bits per heavy atom. The van der Waals surface area contributed by atoms with Gasteiger partial charge in [0.2, 0.25) is 0 Å². The number of H-pyrrole nitrogens is 1. The molecule has 0 aromatic carbocycles. The fourth-order valence-corrected chi connectivity index (χ4v) is 0.823. The van der Waals surface area contributed by atoms with Crippen LogP contribution in [-0.4, -0.2) is 16.0 Å². The Kier molecular flexibility index (Phi) is 2.45. The highest BCUT2D eigenvalue weighted by molar-refractivity contribution is 4.96. The maximum atomic E-state index is 5.72. The van der Waals surface area contributed by atoms with Gasteiger partial charge in [-0.25, -0.2) is 4.98 Å². The van der Waals surface area contributed by atoms with E-state index in [2.05, 4.69) is 16.9 Å². The maximum Gasteiger partial charge on any atom is 0.0921 e. The van der Waals surface area contributed by atoms with E-state index in [9.17, 15) is 0 Å². The van der Waals surface area contributed by atoms with Crippen LogP contribution in [0, 0.1) is 0 Å². The van der Waals surface area contributed by atoms with Crippen molar-refractivity contribution < 1.29 is 0 Å². The molecule has 0 radical (unpaired) electrons. The molecule has 1 aromatic rings. The number of rotatable bonds is 3. The lowest BCUT2D eigenvalue weighted by Crippen LogP contribution is -2.21. The third-order valence-electron chi connectivity index (χ3n) is 1.56. The first-order chi connectivity index (χ1) is 4.83. The van der Waals surface area contributed by atoms with Crippen LogP contribution in [0.2, 0.25) is 0 Å². The molecule has 56 valence electrons. The molecule has 1 atom stereocenters. The van der Waals surface area contributed by atoms with Crippen LogP contribution in [0.15, 0.2) is 12.5 Å². The number of imidazole rings is 1. The van der Waals surface area contributed by atoms with Crippen LogP contribution in [0.4, 0.5) is 0 Å². The zero-order valence-corrected chi connectivity index (χ0v) is 6.17. The summed E-state index contributed by atoms with van der Waals surface area (Å²) in [5.74, 6) is 0. The Bertz CT molecular complexity index is 169. The molecule has 1 rings (SSSR count). The predicted octanol–water partition coefficient (Wildman–Crippen LogP) is 0.690. The highest BCUT2D eigenvalue weighted by atomic mass is 14.9. The normalized spacial score (nSPS) is 13.4. The van der Waals surface area contributed by atoms with E-state index in [1.54, 1.807) is 6.33 Å². The standard InChI is InChI=1S/C7H13N3/c1-2-6(8)3-7-4-9-5-10-7/h4-6H,2-3,8H2,1H3,(H,9,10)/t6-/m1/s1. The average molecular weight is 139 g/mol. The summed E-state index contributed by atoms with van der Waals surface area (Å²) in [6, 6.07) is 0.264. The minimum atomic E-state index is 0.264. The summed E-state index contributed by atoms with van der Waals surface area (Å²) in [5.41, 5.74) is 6.84. The van der Waals surface area contributed by atoms with E-state index in [1.165, 1.54) is 0 Å². The second-order valence-electron chi connectivity index (χ2n) is 2.45. The number of nitrogens with one attached hydrogen (secondary N) is 1. The number of aromatic nitrogens is 2. The van der Waals surface area contributed by atoms with Gasteiger partial charge in [0.1, 0.15) is 0 Å². The van der Waals surface area contributed by atoms with E-state index in [-0.39, 0.29) is 6.04 Å². The molecule has 1 heterocycles. The van der Waals surface area contributed by atoms with Crippen LogP contribution in [0.5, 0.6) is 0 Å². The monoisotopic (exact) mass is 139 g/mol. The van der Waals surface area contributed by atoms with E-state index in [0.29, 0.717) is 0 Å². The van der Waals surface area contributed by atoms with Gasteiger partial charge in [0.25, 0.3) is 0 Å². The minimum absolute atomic E-state index is 0.264. The molecule has 0 aliphatic rings. The third-order valence-corrected chi connectivity index (χ3v) is 1.56. The number of hydrogen-bond acceptors (Lipinski definition) is 2. The zero-order valence-electron chi connectivity index (χ0n) is 6.17. The molecule has 0 aliphatic heterocycles. The molecule has 3 nitrogen and oxygen atoms in total. The summed E-state index contributed by atoms with van der Waals surface area (Å²) in [4.78, 5) is 6.91. The van der Waals surface area contributed by atoms with Crippen molar-refractivity contribution in [3.63, 3.8) is 0 Å². The highest BCUT2D eigenvalue weighted by Gasteiger charge is 2.00. The minimum Gasteiger partial charge on any atom is -0.348 e. The van der Waals surface area contributed by atoms with Gasteiger partial charge in [-0.3, -0.25) is 0 Å². The first kappa shape index (κ1) is 7.28. The predicted molar refractivity (Wildman–Crippen MR) is 40.6 cm³/mol. The van der Waals surface area contributed by atoms with Crippen LogP contribution in [0.25, 0.3) is 0 Å². The lowest BCUT2D eigenvalue weighted by Gasteiger charge is -2.04. The van der Waals surface area contributed by atoms with Crippen molar-refractivity contribution in [3.05, 3.63) is 18.2 Å². The van der Waals surface area contributed by atoms with Crippen molar-refractivity contribution in [2.45, 2.75) is 25.8 Å². The molecule has 1 aromatic heterocycles. The van der Waals surface area contributed by atoms with Crippen LogP contribution < -0.4 is 5.73 Å². The molecule has 0 spiro atoms. The third kappa shape index (κ3) is 1.84. The summed E-state index contributed by atoms with van der Waals surface area (Å²) in [6.45, 7) is 2.08. The molecule has 10 heavy (non-hydrogen) atoms. The van der Waals surface area contributed by atoms with Crippen molar-refractivity contribution in [3.8, 4) is 0 Å². The molecule has 0 saturated heterocycles. The van der Waals surface area contributed by atoms with Gasteiger partial charge in [-0.05, 0) is 6.42 Å². The highest BCUT2D eigenvalue weighted by Crippen LogP contribution is 1.97. The summed E-state index contributed by atoms with van der Waals surface area (Å²) in [5, 5.41) is 0. The lowest BCUT2D eigenvalue weighted by molar-refractivity contribution is 0.638. The van der Waals surface area contributed by atoms with Gasteiger partial charge in [0, 0.05) is 24.4 Å². The molecule has 0 bridgehead atoms. The molecule has 0 aliphatic carbocycles. The molecular formula is C7H13N3. The Morgan fingerprint density at radius 1 is 1.80 bits per heavy atom. The largest absolute Gasteiger partial charge is 0.348 e. The van der Waals surface area contributed by atoms with Crippen LogP contribution >= 0.6 is 0 Å². The molecule has 0 fully saturated rings. The van der Waals surface area contributed by atoms with Crippen molar-refractivity contribution in [2.75, 3.05) is 0 Å². The fraction of sp³-hybridized carbons (Fsp3) is 0.571. The molecular weight excluding hydrogens is 126 g/mol. The topological polar surface area (TPSA) is 54.7 Å². The summed E-state index contributed by atoms with van der Waals surface area (Å²) >= 11 is 0. The Hall–Kier alpha value is -0.830. The van der Waals surface area contributed by atoms with Crippen molar-refractivity contribution >= 4 is 0 Å². The number of nitrogens with two attached hydrogens (primary N) is 1. The van der Waals surface area contributed by atoms with Crippen LogP contribution in [-0.2, 0) is 6.42 Å². The molecule has 0 amide bonds. The second kappa shape index (κ2) is 3.37. The Balaban J connectivity index is 2.40. The van der Waals surface area contributed by atoms with Gasteiger partial charge in [0.05, 0.1) is 6.33 Å². The van der Waals surface area contributed by atoms with Crippen molar-refractivity contribution in [1.82, 2.24) is 9.97 Å². The fourth-order valence-electron chi connectivity index (χ4n) is 0.823. The van der Waals surface area contributed by atoms with Gasteiger partial charge < -0.3 is 10.7 Å². The molecule has 3 heteroatoms. The number of nitrogens with zero attached hydrogens (tertiary/aromatic N) is 1. The Morgan fingerprint density at radius 3 is 3.10 bits per heavy atom. The average Bonchev–Trinajstić information content (AvgIpc) is 2.40. The van der Waals surface area contributed by atoms with E-state index < -0.39 is 0 Å². The van der Waals surface area contributed by atoms with E-state index in [0.717, 1.165) is 18.5 Å². The van der Waals surface area contributed by atoms with Crippen LogP contribution in [0.1, 0.15) is 19.0 Å². The van der Waals surface area contributed by atoms with Gasteiger partial charge >= 0.3 is 0 Å². The SMILES string of the molecule is CC[C@@H](N)Cc1cnc[nH]1. The van der Waals surface area contributed by atoms with Crippen LogP contribution in [0.3, 0.4) is 0 Å². The first-order valence-corrected chi connectivity index (χ1v) is 3.55. The lowest BCUT2D eigenvalue weighted by atomic mass is 10.1. The molecule has 0 unspecified atom stereocenters. The summed E-state index contributed by atoms with van der Waals surface area (Å²) < 4.78 is 0. The zero-order chi connectivity index (χ0) is 7.40. The second-order valence-corrected chi connectivity index (χ2v) is 2.45. The first-order valence-electron chi connectivity index (χ1n) is 3.55. The summed E-state index contributed by atoms with van der Waals surface area (Å²) in [6.07, 6.45) is 5.41. The number of aromatic amines is 1. The maximum absolute atomic E-state index is 5.72. The van der Waals surface area contributed by atoms with Crippen molar-refractivity contribution in [1.29, 1.82) is 0 Å². The van der Waals surface area contributed by atoms with Gasteiger partial charge in [-0.2, -0.15) is 0 Å².